The van der Waals surface area contributed by atoms with Crippen molar-refractivity contribution in [1.82, 2.24) is 0 Å². The highest BCUT2D eigenvalue weighted by molar-refractivity contribution is 6.07. The van der Waals surface area contributed by atoms with Crippen molar-refractivity contribution in [3.8, 4) is 22.3 Å². The van der Waals surface area contributed by atoms with Crippen LogP contribution in [0.2, 0.25) is 0 Å². The lowest BCUT2D eigenvalue weighted by atomic mass is 9.83. The number of hydrogen-bond donors (Lipinski definition) is 0. The molecule has 0 radical (unpaired) electrons. The van der Waals surface area contributed by atoms with Gasteiger partial charge in [-0.25, -0.2) is 0 Å². The third kappa shape index (κ3) is 4.50. The molecule has 0 spiro atoms. The average molecular weight is 591 g/mol. The van der Waals surface area contributed by atoms with E-state index in [1.165, 1.54) is 76.5 Å². The summed E-state index contributed by atoms with van der Waals surface area (Å²) >= 11 is 0. The van der Waals surface area contributed by atoms with Crippen LogP contribution in [0, 0.1) is 0 Å². The van der Waals surface area contributed by atoms with Gasteiger partial charge in [0.1, 0.15) is 0 Å². The van der Waals surface area contributed by atoms with Crippen LogP contribution in [0.5, 0.6) is 0 Å². The van der Waals surface area contributed by atoms with Crippen molar-refractivity contribution >= 4 is 43.1 Å². The summed E-state index contributed by atoms with van der Waals surface area (Å²) in [5.74, 6) is 0.365. The molecule has 2 atom stereocenters. The quantitative estimate of drug-likeness (QED) is 0.198. The Bertz CT molecular complexity index is 2210. The SMILES string of the molecule is c1ccc2c(-c3ccc(C4CCC(c5ccc(-c6cccc7ccccc67)c6ccccc56)OC4)c4ccccc34)cccc2c1. The minimum absolute atomic E-state index is 0.0870. The molecule has 1 fully saturated rings. The highest BCUT2D eigenvalue weighted by atomic mass is 16.5. The zero-order chi connectivity index (χ0) is 30.5. The first-order valence-electron chi connectivity index (χ1n) is 16.4. The Morgan fingerprint density at radius 3 is 1.33 bits per heavy atom. The van der Waals surface area contributed by atoms with Gasteiger partial charge >= 0.3 is 0 Å². The summed E-state index contributed by atoms with van der Waals surface area (Å²) < 4.78 is 6.78. The number of hydrogen-bond acceptors (Lipinski definition) is 1. The summed E-state index contributed by atoms with van der Waals surface area (Å²) in [6.07, 6.45) is 2.19. The van der Waals surface area contributed by atoms with Crippen LogP contribution >= 0.6 is 0 Å². The van der Waals surface area contributed by atoms with Gasteiger partial charge in [0.2, 0.25) is 0 Å². The van der Waals surface area contributed by atoms with Crippen molar-refractivity contribution in [1.29, 1.82) is 0 Å². The summed E-state index contributed by atoms with van der Waals surface area (Å²) in [7, 11) is 0. The normalized spacial score (nSPS) is 16.8. The minimum atomic E-state index is 0.0870. The molecule has 0 aromatic heterocycles. The molecule has 8 aromatic rings. The Morgan fingerprint density at radius 2 is 0.783 bits per heavy atom. The van der Waals surface area contributed by atoms with Crippen LogP contribution < -0.4 is 0 Å². The van der Waals surface area contributed by atoms with Crippen molar-refractivity contribution < 1.29 is 4.74 Å². The van der Waals surface area contributed by atoms with Crippen LogP contribution in [-0.4, -0.2) is 6.61 Å². The average Bonchev–Trinajstić information content (AvgIpc) is 3.14. The lowest BCUT2D eigenvalue weighted by molar-refractivity contribution is 0.00350. The van der Waals surface area contributed by atoms with E-state index in [4.69, 9.17) is 4.74 Å². The number of rotatable bonds is 4. The van der Waals surface area contributed by atoms with Gasteiger partial charge in [-0.05, 0) is 89.3 Å². The molecular weight excluding hydrogens is 556 g/mol. The summed E-state index contributed by atoms with van der Waals surface area (Å²) in [5, 5.41) is 10.4. The molecule has 1 aliphatic rings. The third-order valence-electron chi connectivity index (χ3n) is 10.1. The maximum atomic E-state index is 6.78. The Hall–Kier alpha value is -5.24. The monoisotopic (exact) mass is 590 g/mol. The van der Waals surface area contributed by atoms with E-state index in [1.807, 2.05) is 0 Å². The predicted octanol–water partition coefficient (Wildman–Crippen LogP) is 12.3. The fraction of sp³-hybridized carbons (Fsp3) is 0.111. The minimum Gasteiger partial charge on any atom is -0.373 e. The molecule has 2 unspecified atom stereocenters. The molecule has 1 nitrogen and oxygen atoms in total. The van der Waals surface area contributed by atoms with E-state index in [0.29, 0.717) is 5.92 Å². The molecule has 8 aromatic carbocycles. The van der Waals surface area contributed by atoms with E-state index in [0.717, 1.165) is 19.4 Å². The molecule has 220 valence electrons. The zero-order valence-electron chi connectivity index (χ0n) is 25.7. The molecule has 46 heavy (non-hydrogen) atoms. The molecule has 0 bridgehead atoms. The van der Waals surface area contributed by atoms with Crippen molar-refractivity contribution in [2.45, 2.75) is 24.9 Å². The van der Waals surface area contributed by atoms with Crippen LogP contribution in [0.3, 0.4) is 0 Å². The topological polar surface area (TPSA) is 9.23 Å². The van der Waals surface area contributed by atoms with Gasteiger partial charge in [-0.3, -0.25) is 0 Å². The zero-order valence-corrected chi connectivity index (χ0v) is 25.7. The maximum Gasteiger partial charge on any atom is 0.0831 e. The van der Waals surface area contributed by atoms with Crippen molar-refractivity contribution in [2.75, 3.05) is 6.61 Å². The van der Waals surface area contributed by atoms with Gasteiger partial charge < -0.3 is 4.74 Å². The van der Waals surface area contributed by atoms with Crippen LogP contribution in [-0.2, 0) is 4.74 Å². The summed E-state index contributed by atoms with van der Waals surface area (Å²) in [5.41, 5.74) is 7.85. The van der Waals surface area contributed by atoms with Gasteiger partial charge in [0.25, 0.3) is 0 Å². The van der Waals surface area contributed by atoms with Crippen molar-refractivity contribution in [3.63, 3.8) is 0 Å². The first-order valence-corrected chi connectivity index (χ1v) is 16.4. The second-order valence-corrected chi connectivity index (χ2v) is 12.6. The lowest BCUT2D eigenvalue weighted by Crippen LogP contribution is -2.20. The van der Waals surface area contributed by atoms with E-state index >= 15 is 0 Å². The summed E-state index contributed by atoms with van der Waals surface area (Å²) in [6, 6.07) is 57.7. The van der Waals surface area contributed by atoms with E-state index in [1.54, 1.807) is 0 Å². The Morgan fingerprint density at radius 1 is 0.348 bits per heavy atom. The first kappa shape index (κ1) is 27.1. The molecule has 1 saturated heterocycles. The maximum absolute atomic E-state index is 6.78. The van der Waals surface area contributed by atoms with E-state index in [2.05, 4.69) is 158 Å². The van der Waals surface area contributed by atoms with E-state index in [9.17, 15) is 0 Å². The van der Waals surface area contributed by atoms with Crippen LogP contribution in [0.15, 0.2) is 158 Å². The molecule has 0 aliphatic carbocycles. The Balaban J connectivity index is 1.04. The van der Waals surface area contributed by atoms with Crippen LogP contribution in [0.1, 0.15) is 36.0 Å². The molecule has 1 heteroatoms. The second kappa shape index (κ2) is 11.3. The largest absolute Gasteiger partial charge is 0.373 e. The van der Waals surface area contributed by atoms with Crippen LogP contribution in [0.4, 0.5) is 0 Å². The molecule has 1 aliphatic heterocycles. The molecule has 0 saturated carbocycles. The first-order chi connectivity index (χ1) is 22.8. The molecule has 1 heterocycles. The van der Waals surface area contributed by atoms with Gasteiger partial charge in [0, 0.05) is 5.92 Å². The van der Waals surface area contributed by atoms with Gasteiger partial charge in [-0.2, -0.15) is 0 Å². The fourth-order valence-electron chi connectivity index (χ4n) is 7.91. The molecule has 0 amide bonds. The summed E-state index contributed by atoms with van der Waals surface area (Å²) in [6.45, 7) is 0.724. The molecule has 9 rings (SSSR count). The highest BCUT2D eigenvalue weighted by Crippen LogP contribution is 2.44. The van der Waals surface area contributed by atoms with Gasteiger partial charge in [-0.1, -0.05) is 158 Å². The van der Waals surface area contributed by atoms with Gasteiger partial charge in [-0.15, -0.1) is 0 Å². The predicted molar refractivity (Wildman–Crippen MR) is 194 cm³/mol. The standard InChI is InChI=1S/C45H34O/c1-3-15-33-30(11-1)13-9-21-37(33)42-25-24-35(36-17-5-6-18-39(36)42)32-23-28-45(46-29-32)44-27-26-43(40-19-7-8-20-41(40)44)38-22-10-14-31-12-2-4-16-34(31)38/h1-22,24-27,32,45H,23,28-29H2. The van der Waals surface area contributed by atoms with Crippen LogP contribution in [0.25, 0.3) is 65.3 Å². The Kier molecular flexibility index (Phi) is 6.65. The molecule has 0 N–H and O–H groups in total. The summed E-state index contributed by atoms with van der Waals surface area (Å²) in [4.78, 5) is 0. The fourth-order valence-corrected chi connectivity index (χ4v) is 7.91. The highest BCUT2D eigenvalue weighted by Gasteiger charge is 2.27. The number of benzene rings is 8. The second-order valence-electron chi connectivity index (χ2n) is 12.6. The number of fused-ring (bicyclic) bond motifs is 4. The smallest absolute Gasteiger partial charge is 0.0831 e. The third-order valence-corrected chi connectivity index (χ3v) is 10.1. The van der Waals surface area contributed by atoms with Gasteiger partial charge in [0.05, 0.1) is 12.7 Å². The van der Waals surface area contributed by atoms with Gasteiger partial charge in [0.15, 0.2) is 0 Å². The number of ether oxygens (including phenoxy) is 1. The lowest BCUT2D eigenvalue weighted by Gasteiger charge is -2.31. The van der Waals surface area contributed by atoms with E-state index in [-0.39, 0.29) is 6.10 Å². The van der Waals surface area contributed by atoms with Crippen molar-refractivity contribution in [3.05, 3.63) is 169 Å². The van der Waals surface area contributed by atoms with E-state index < -0.39 is 0 Å². The molecular formula is C45H34O. The Labute approximate surface area is 269 Å². The van der Waals surface area contributed by atoms with Crippen molar-refractivity contribution in [2.24, 2.45) is 0 Å².